The highest BCUT2D eigenvalue weighted by Crippen LogP contribution is 2.30. The monoisotopic (exact) mass is 366 g/mol. The number of rotatable bonds is 3. The first-order valence-corrected chi connectivity index (χ1v) is 8.77. The van der Waals surface area contributed by atoms with Crippen LogP contribution in [-0.4, -0.2) is 32.8 Å². The van der Waals surface area contributed by atoms with Crippen molar-refractivity contribution >= 4 is 28.8 Å². The molecule has 0 saturated carbocycles. The van der Waals surface area contributed by atoms with Crippen molar-refractivity contribution in [3.05, 3.63) is 95.8 Å². The van der Waals surface area contributed by atoms with E-state index in [0.717, 1.165) is 16.1 Å². The van der Waals surface area contributed by atoms with Gasteiger partial charge in [-0.15, -0.1) is 0 Å². The maximum Gasteiger partial charge on any atom is 0.282 e. The van der Waals surface area contributed by atoms with Crippen LogP contribution in [0.25, 0.3) is 16.5 Å². The lowest BCUT2D eigenvalue weighted by atomic mass is 9.95. The molecule has 28 heavy (non-hydrogen) atoms. The van der Waals surface area contributed by atoms with Gasteiger partial charge >= 0.3 is 0 Å². The highest BCUT2D eigenvalue weighted by Gasteiger charge is 2.32. The summed E-state index contributed by atoms with van der Waals surface area (Å²) in [5, 5.41) is 10.9. The zero-order valence-corrected chi connectivity index (χ0v) is 14.7. The minimum absolute atomic E-state index is 0.430. The van der Waals surface area contributed by atoms with Crippen molar-refractivity contribution in [2.75, 3.05) is 0 Å². The lowest BCUT2D eigenvalue weighted by molar-refractivity contribution is 0.0616. The minimum Gasteiger partial charge on any atom is -0.267 e. The quantitative estimate of drug-likeness (QED) is 0.410. The number of imide groups is 1. The zero-order valence-electron chi connectivity index (χ0n) is 14.7. The zero-order chi connectivity index (χ0) is 19.1. The van der Waals surface area contributed by atoms with Crippen molar-refractivity contribution in [3.63, 3.8) is 0 Å². The van der Waals surface area contributed by atoms with Gasteiger partial charge in [0.25, 0.3) is 11.8 Å². The fourth-order valence-corrected chi connectivity index (χ4v) is 3.37. The summed E-state index contributed by atoms with van der Waals surface area (Å²) < 4.78 is 1.71. The molecule has 4 aromatic rings. The second-order valence-electron chi connectivity index (χ2n) is 6.43. The molecule has 0 radical (unpaired) electrons. The van der Waals surface area contributed by atoms with E-state index in [1.54, 1.807) is 41.3 Å². The molecular weight excluding hydrogens is 352 g/mol. The van der Waals surface area contributed by atoms with E-state index in [-0.39, 0.29) is 0 Å². The fraction of sp³-hybridized carbons (Fsp3) is 0. The summed E-state index contributed by atoms with van der Waals surface area (Å²) in [7, 11) is 0. The van der Waals surface area contributed by atoms with Crippen LogP contribution in [0.4, 0.5) is 0 Å². The van der Waals surface area contributed by atoms with Crippen LogP contribution in [0.15, 0.2) is 84.2 Å². The molecule has 0 saturated heterocycles. The van der Waals surface area contributed by atoms with E-state index in [2.05, 4.69) is 10.2 Å². The van der Waals surface area contributed by atoms with Crippen LogP contribution in [0.5, 0.6) is 0 Å². The number of hydrogen-bond donors (Lipinski definition) is 0. The molecule has 1 aliphatic heterocycles. The third kappa shape index (κ3) is 2.51. The van der Waals surface area contributed by atoms with E-state index in [4.69, 9.17) is 0 Å². The molecule has 5 rings (SSSR count). The third-order valence-corrected chi connectivity index (χ3v) is 4.70. The first-order valence-electron chi connectivity index (χ1n) is 8.77. The van der Waals surface area contributed by atoms with E-state index >= 15 is 0 Å². The van der Waals surface area contributed by atoms with Crippen molar-refractivity contribution in [1.82, 2.24) is 14.8 Å². The van der Waals surface area contributed by atoms with E-state index in [1.165, 1.54) is 6.21 Å². The first kappa shape index (κ1) is 16.1. The first-order chi connectivity index (χ1) is 13.7. The Morgan fingerprint density at radius 2 is 1.50 bits per heavy atom. The molecule has 0 atom stereocenters. The largest absolute Gasteiger partial charge is 0.282 e. The highest BCUT2D eigenvalue weighted by atomic mass is 16.2. The van der Waals surface area contributed by atoms with Crippen LogP contribution in [0.1, 0.15) is 26.3 Å². The van der Waals surface area contributed by atoms with Gasteiger partial charge in [0.1, 0.15) is 0 Å². The Morgan fingerprint density at radius 3 is 2.18 bits per heavy atom. The molecule has 2 heterocycles. The van der Waals surface area contributed by atoms with Gasteiger partial charge in [0.2, 0.25) is 0 Å². The fourth-order valence-electron chi connectivity index (χ4n) is 3.37. The SMILES string of the molecule is O=C1c2cccc3cccc(c23)C(=O)N1/N=C\c1cnn(-c2ccccc2)c1. The second kappa shape index (κ2) is 6.28. The predicted molar refractivity (Wildman–Crippen MR) is 106 cm³/mol. The number of carbonyl (C=O) groups is 2. The molecule has 6 heteroatoms. The van der Waals surface area contributed by atoms with Crippen LogP contribution in [0.2, 0.25) is 0 Å². The molecule has 1 aromatic heterocycles. The Morgan fingerprint density at radius 1 is 0.821 bits per heavy atom. The number of aromatic nitrogens is 2. The molecular formula is C22H14N4O2. The number of nitrogens with zero attached hydrogens (tertiary/aromatic N) is 4. The number of para-hydroxylation sites is 1. The van der Waals surface area contributed by atoms with Crippen molar-refractivity contribution in [3.8, 4) is 5.69 Å². The van der Waals surface area contributed by atoms with Gasteiger partial charge in [0.15, 0.2) is 0 Å². The molecule has 134 valence electrons. The second-order valence-corrected chi connectivity index (χ2v) is 6.43. The molecule has 0 bridgehead atoms. The van der Waals surface area contributed by atoms with Crippen LogP contribution >= 0.6 is 0 Å². The molecule has 6 nitrogen and oxygen atoms in total. The summed E-state index contributed by atoms with van der Waals surface area (Å²) in [6, 6.07) is 20.5. The smallest absolute Gasteiger partial charge is 0.267 e. The van der Waals surface area contributed by atoms with Crippen LogP contribution in [0.3, 0.4) is 0 Å². The summed E-state index contributed by atoms with van der Waals surface area (Å²) in [5.41, 5.74) is 2.55. The van der Waals surface area contributed by atoms with Gasteiger partial charge in [-0.3, -0.25) is 9.59 Å². The summed E-state index contributed by atoms with van der Waals surface area (Å²) >= 11 is 0. The van der Waals surface area contributed by atoms with E-state index in [1.807, 2.05) is 42.5 Å². The number of benzene rings is 3. The maximum atomic E-state index is 12.8. The number of carbonyl (C=O) groups excluding carboxylic acids is 2. The van der Waals surface area contributed by atoms with Gasteiger partial charge in [0, 0.05) is 17.1 Å². The summed E-state index contributed by atoms with van der Waals surface area (Å²) in [6.45, 7) is 0. The standard InChI is InChI=1S/C22H14N4O2/c27-21-18-10-4-6-16-7-5-11-19(20(16)18)22(28)26(21)24-13-15-12-23-25(14-15)17-8-2-1-3-9-17/h1-14H/b24-13-. The normalized spacial score (nSPS) is 13.6. The number of hydrogen-bond acceptors (Lipinski definition) is 4. The Balaban J connectivity index is 1.49. The lowest BCUT2D eigenvalue weighted by Crippen LogP contribution is -2.36. The van der Waals surface area contributed by atoms with Gasteiger partial charge in [-0.05, 0) is 29.7 Å². The van der Waals surface area contributed by atoms with Crippen LogP contribution in [0, 0.1) is 0 Å². The van der Waals surface area contributed by atoms with Crippen LogP contribution in [-0.2, 0) is 0 Å². The van der Waals surface area contributed by atoms with E-state index < -0.39 is 11.8 Å². The Kier molecular flexibility index (Phi) is 3.62. The summed E-state index contributed by atoms with van der Waals surface area (Å²) in [6.07, 6.45) is 4.88. The molecule has 1 aliphatic rings. The Hall–Kier alpha value is -4.06. The lowest BCUT2D eigenvalue weighted by Gasteiger charge is -2.22. The minimum atomic E-state index is -0.430. The molecule has 0 unspecified atom stereocenters. The summed E-state index contributed by atoms with van der Waals surface area (Å²) in [5.74, 6) is -0.859. The molecule has 0 spiro atoms. The Bertz CT molecular complexity index is 1210. The van der Waals surface area contributed by atoms with Gasteiger partial charge in [-0.25, -0.2) is 4.68 Å². The van der Waals surface area contributed by atoms with Gasteiger partial charge in [0.05, 0.1) is 29.2 Å². The van der Waals surface area contributed by atoms with Crippen molar-refractivity contribution in [2.45, 2.75) is 0 Å². The predicted octanol–water partition coefficient (Wildman–Crippen LogP) is 3.66. The summed E-state index contributed by atoms with van der Waals surface area (Å²) in [4.78, 5) is 25.7. The molecule has 2 amide bonds. The van der Waals surface area contributed by atoms with Gasteiger partial charge in [-0.1, -0.05) is 42.5 Å². The highest BCUT2D eigenvalue weighted by molar-refractivity contribution is 6.25. The maximum absolute atomic E-state index is 12.8. The van der Waals surface area contributed by atoms with Crippen LogP contribution < -0.4 is 0 Å². The van der Waals surface area contributed by atoms with Gasteiger partial charge < -0.3 is 0 Å². The Labute approximate surface area is 160 Å². The topological polar surface area (TPSA) is 67.6 Å². The molecule has 3 aromatic carbocycles. The molecule has 0 aliphatic carbocycles. The number of amides is 2. The van der Waals surface area contributed by atoms with Crippen molar-refractivity contribution in [1.29, 1.82) is 0 Å². The molecule has 0 fully saturated rings. The van der Waals surface area contributed by atoms with E-state index in [0.29, 0.717) is 22.1 Å². The van der Waals surface area contributed by atoms with Crippen molar-refractivity contribution in [2.24, 2.45) is 5.10 Å². The number of hydrazone groups is 1. The van der Waals surface area contributed by atoms with Crippen molar-refractivity contribution < 1.29 is 9.59 Å². The average Bonchev–Trinajstić information content (AvgIpc) is 3.21. The third-order valence-electron chi connectivity index (χ3n) is 4.70. The van der Waals surface area contributed by atoms with Gasteiger partial charge in [-0.2, -0.15) is 15.2 Å². The average molecular weight is 366 g/mol. The van der Waals surface area contributed by atoms with E-state index in [9.17, 15) is 9.59 Å². The molecule has 0 N–H and O–H groups in total.